The quantitative estimate of drug-likeness (QED) is 0.719. The van der Waals surface area contributed by atoms with E-state index in [1.54, 1.807) is 12.1 Å². The minimum absolute atomic E-state index is 0.120. The van der Waals surface area contributed by atoms with Crippen molar-refractivity contribution in [3.63, 3.8) is 0 Å². The summed E-state index contributed by atoms with van der Waals surface area (Å²) in [6.07, 6.45) is 3.44. The molecule has 118 valence electrons. The summed E-state index contributed by atoms with van der Waals surface area (Å²) in [5, 5.41) is 6.70. The summed E-state index contributed by atoms with van der Waals surface area (Å²) in [5.74, 6) is 0. The molecule has 0 saturated carbocycles. The van der Waals surface area contributed by atoms with Crippen molar-refractivity contribution in [1.82, 2.24) is 10.0 Å². The monoisotopic (exact) mass is 311 g/mol. The zero-order valence-electron chi connectivity index (χ0n) is 12.7. The second-order valence-electron chi connectivity index (χ2n) is 5.78. The maximum Gasteiger partial charge on any atom is 0.242 e. The molecule has 0 aliphatic carbocycles. The number of hydrogen-bond donors (Lipinski definition) is 3. The van der Waals surface area contributed by atoms with Crippen LogP contribution in [0.1, 0.15) is 33.1 Å². The molecule has 1 aromatic rings. The third-order valence-electron chi connectivity index (χ3n) is 3.54. The second kappa shape index (κ2) is 7.24. The largest absolute Gasteiger partial charge is 0.384 e. The lowest BCUT2D eigenvalue weighted by Crippen LogP contribution is -2.31. The standard InChI is InChI=1S/C15H25N3O2S/c1-12(2)18-21(19,20)15-8-4-3-7-14(15)17-11-9-13-6-5-10-16-13/h3-4,7-8,12-13,16-18H,5-6,9-11H2,1-2H3/t13-/m0/s1. The SMILES string of the molecule is CC(C)NS(=O)(=O)c1ccccc1NCC[C@@H]1CCCN1. The highest BCUT2D eigenvalue weighted by Gasteiger charge is 2.19. The highest BCUT2D eigenvalue weighted by molar-refractivity contribution is 7.89. The Hall–Kier alpha value is -1.11. The molecule has 1 aromatic carbocycles. The van der Waals surface area contributed by atoms with Crippen LogP contribution in [0, 0.1) is 0 Å². The van der Waals surface area contributed by atoms with Gasteiger partial charge in [-0.05, 0) is 51.8 Å². The first-order valence-electron chi connectivity index (χ1n) is 7.57. The van der Waals surface area contributed by atoms with E-state index in [-0.39, 0.29) is 6.04 Å². The first kappa shape index (κ1) is 16.3. The fraction of sp³-hybridized carbons (Fsp3) is 0.600. The molecule has 1 aliphatic rings. The predicted molar refractivity (Wildman–Crippen MR) is 86.0 cm³/mol. The smallest absolute Gasteiger partial charge is 0.242 e. The van der Waals surface area contributed by atoms with Crippen molar-refractivity contribution in [2.75, 3.05) is 18.4 Å². The van der Waals surface area contributed by atoms with Gasteiger partial charge in [-0.15, -0.1) is 0 Å². The van der Waals surface area contributed by atoms with Crippen molar-refractivity contribution in [2.45, 2.75) is 50.1 Å². The van der Waals surface area contributed by atoms with Crippen LogP contribution in [0.15, 0.2) is 29.2 Å². The van der Waals surface area contributed by atoms with Crippen LogP contribution < -0.4 is 15.4 Å². The minimum Gasteiger partial charge on any atom is -0.384 e. The maximum atomic E-state index is 12.3. The molecule has 0 radical (unpaired) electrons. The molecule has 2 rings (SSSR count). The Morgan fingerprint density at radius 1 is 1.33 bits per heavy atom. The van der Waals surface area contributed by atoms with Crippen LogP contribution in [0.3, 0.4) is 0 Å². The Labute approximate surface area is 127 Å². The summed E-state index contributed by atoms with van der Waals surface area (Å²) in [5.41, 5.74) is 0.670. The van der Waals surface area contributed by atoms with Gasteiger partial charge in [0.1, 0.15) is 4.90 Å². The molecule has 0 amide bonds. The van der Waals surface area contributed by atoms with Gasteiger partial charge in [0.25, 0.3) is 0 Å². The molecule has 0 spiro atoms. The molecule has 0 unspecified atom stereocenters. The van der Waals surface area contributed by atoms with Crippen molar-refractivity contribution < 1.29 is 8.42 Å². The van der Waals surface area contributed by atoms with Gasteiger partial charge < -0.3 is 10.6 Å². The van der Waals surface area contributed by atoms with Crippen LogP contribution in [0.2, 0.25) is 0 Å². The van der Waals surface area contributed by atoms with Gasteiger partial charge in [0.15, 0.2) is 0 Å². The summed E-state index contributed by atoms with van der Waals surface area (Å²) in [4.78, 5) is 0.318. The average molecular weight is 311 g/mol. The van der Waals surface area contributed by atoms with Gasteiger partial charge in [0.05, 0.1) is 5.69 Å². The molecule has 1 saturated heterocycles. The normalized spacial score (nSPS) is 19.1. The minimum atomic E-state index is -3.47. The molecule has 21 heavy (non-hydrogen) atoms. The van der Waals surface area contributed by atoms with Crippen molar-refractivity contribution >= 4 is 15.7 Å². The first-order valence-corrected chi connectivity index (χ1v) is 9.06. The summed E-state index contributed by atoms with van der Waals surface area (Å²) < 4.78 is 27.3. The van der Waals surface area contributed by atoms with Crippen molar-refractivity contribution in [1.29, 1.82) is 0 Å². The Kier molecular flexibility index (Phi) is 5.61. The van der Waals surface area contributed by atoms with E-state index in [0.29, 0.717) is 16.6 Å². The lowest BCUT2D eigenvalue weighted by molar-refractivity contribution is 0.568. The lowest BCUT2D eigenvalue weighted by atomic mass is 10.1. The van der Waals surface area contributed by atoms with Gasteiger partial charge in [-0.25, -0.2) is 13.1 Å². The molecule has 0 aromatic heterocycles. The summed E-state index contributed by atoms with van der Waals surface area (Å²) in [6.45, 7) is 5.50. The van der Waals surface area contributed by atoms with Crippen LogP contribution in [0.4, 0.5) is 5.69 Å². The van der Waals surface area contributed by atoms with Crippen LogP contribution in [-0.4, -0.2) is 33.6 Å². The zero-order valence-corrected chi connectivity index (χ0v) is 13.5. The molecule has 1 heterocycles. The van der Waals surface area contributed by atoms with Crippen molar-refractivity contribution in [3.8, 4) is 0 Å². The fourth-order valence-electron chi connectivity index (χ4n) is 2.60. The van der Waals surface area contributed by atoms with Gasteiger partial charge in [-0.2, -0.15) is 0 Å². The lowest BCUT2D eigenvalue weighted by Gasteiger charge is -2.16. The number of rotatable bonds is 7. The number of benzene rings is 1. The number of anilines is 1. The van der Waals surface area contributed by atoms with Gasteiger partial charge in [-0.3, -0.25) is 0 Å². The van der Waals surface area contributed by atoms with E-state index >= 15 is 0 Å². The Morgan fingerprint density at radius 3 is 2.76 bits per heavy atom. The van der Waals surface area contributed by atoms with Crippen molar-refractivity contribution in [3.05, 3.63) is 24.3 Å². The molecule has 1 fully saturated rings. The maximum absolute atomic E-state index is 12.3. The average Bonchev–Trinajstić information content (AvgIpc) is 2.91. The number of para-hydroxylation sites is 1. The number of sulfonamides is 1. The van der Waals surface area contributed by atoms with Gasteiger partial charge in [0.2, 0.25) is 10.0 Å². The summed E-state index contributed by atoms with van der Waals surface area (Å²) in [6, 6.07) is 7.49. The third kappa shape index (κ3) is 4.69. The highest BCUT2D eigenvalue weighted by atomic mass is 32.2. The second-order valence-corrected chi connectivity index (χ2v) is 7.46. The van der Waals surface area contributed by atoms with Gasteiger partial charge in [0, 0.05) is 18.6 Å². The van der Waals surface area contributed by atoms with Crippen molar-refractivity contribution in [2.24, 2.45) is 0 Å². The van der Waals surface area contributed by atoms with Crippen LogP contribution in [-0.2, 0) is 10.0 Å². The Morgan fingerprint density at radius 2 is 2.10 bits per heavy atom. The van der Waals surface area contributed by atoms with E-state index in [1.807, 2.05) is 26.0 Å². The Balaban J connectivity index is 2.02. The molecule has 0 bridgehead atoms. The zero-order chi connectivity index (χ0) is 15.3. The molecule has 1 aliphatic heterocycles. The summed E-state index contributed by atoms with van der Waals surface area (Å²) in [7, 11) is -3.47. The molecular formula is C15H25N3O2S. The third-order valence-corrected chi connectivity index (χ3v) is 5.25. The van der Waals surface area contributed by atoms with Gasteiger partial charge >= 0.3 is 0 Å². The van der Waals surface area contributed by atoms with E-state index in [4.69, 9.17) is 0 Å². The Bertz CT molecular complexity index is 552. The predicted octanol–water partition coefficient (Wildman–Crippen LogP) is 1.93. The van der Waals surface area contributed by atoms with E-state index in [9.17, 15) is 8.42 Å². The van der Waals surface area contributed by atoms with Crippen LogP contribution in [0.5, 0.6) is 0 Å². The van der Waals surface area contributed by atoms with Gasteiger partial charge in [-0.1, -0.05) is 12.1 Å². The molecule has 3 N–H and O–H groups in total. The van der Waals surface area contributed by atoms with Crippen LogP contribution in [0.25, 0.3) is 0 Å². The highest BCUT2D eigenvalue weighted by Crippen LogP contribution is 2.21. The number of nitrogens with one attached hydrogen (secondary N) is 3. The number of hydrogen-bond acceptors (Lipinski definition) is 4. The van der Waals surface area contributed by atoms with E-state index < -0.39 is 10.0 Å². The van der Waals surface area contributed by atoms with Crippen LogP contribution >= 0.6 is 0 Å². The van der Waals surface area contributed by atoms with E-state index in [0.717, 1.165) is 19.5 Å². The topological polar surface area (TPSA) is 70.2 Å². The van der Waals surface area contributed by atoms with E-state index in [1.165, 1.54) is 12.8 Å². The first-order chi connectivity index (χ1) is 9.99. The molecular weight excluding hydrogens is 286 g/mol. The fourth-order valence-corrected chi connectivity index (χ4v) is 4.04. The molecule has 1 atom stereocenters. The summed E-state index contributed by atoms with van der Waals surface area (Å²) >= 11 is 0. The molecule has 5 nitrogen and oxygen atoms in total. The van der Waals surface area contributed by atoms with E-state index in [2.05, 4.69) is 15.4 Å². The molecule has 6 heteroatoms.